The molecule has 0 radical (unpaired) electrons. The summed E-state index contributed by atoms with van der Waals surface area (Å²) in [6.07, 6.45) is 2.20. The van der Waals surface area contributed by atoms with E-state index in [4.69, 9.17) is 0 Å². The molecule has 0 aliphatic rings. The van der Waals surface area contributed by atoms with Gasteiger partial charge in [-0.3, -0.25) is 4.98 Å². The van der Waals surface area contributed by atoms with Gasteiger partial charge in [0.25, 0.3) is 9.84 Å². The molecule has 1 aromatic rings. The standard InChI is InChI=1S/C6H4F2INO2S/c7-6(8,9)13(11,12)5-2-1-3-10-4-5/h1-4H. The van der Waals surface area contributed by atoms with E-state index in [-0.39, 0.29) is 0 Å². The summed E-state index contributed by atoms with van der Waals surface area (Å²) in [6, 6.07) is 2.37. The van der Waals surface area contributed by atoms with E-state index < -0.39 is 18.0 Å². The molecule has 0 bridgehead atoms. The number of hydrogen-bond donors (Lipinski definition) is 0. The first-order valence-corrected chi connectivity index (χ1v) is 5.63. The van der Waals surface area contributed by atoms with E-state index in [1.807, 2.05) is 0 Å². The number of aromatic nitrogens is 1. The average molecular weight is 319 g/mol. The Morgan fingerprint density at radius 2 is 2.08 bits per heavy atom. The van der Waals surface area contributed by atoms with Crippen LogP contribution in [-0.4, -0.2) is 16.7 Å². The van der Waals surface area contributed by atoms with Crippen molar-refractivity contribution >= 4 is 32.4 Å². The maximum absolute atomic E-state index is 12.6. The third-order valence-corrected chi connectivity index (χ3v) is 4.46. The number of pyridine rings is 1. The smallest absolute Gasteiger partial charge is 0.263 e. The molecule has 0 fully saturated rings. The van der Waals surface area contributed by atoms with Crippen LogP contribution in [0.3, 0.4) is 0 Å². The van der Waals surface area contributed by atoms with Crippen molar-refractivity contribution in [2.24, 2.45) is 0 Å². The van der Waals surface area contributed by atoms with Crippen LogP contribution in [0, 0.1) is 0 Å². The zero-order chi connectivity index (χ0) is 10.1. The number of rotatable bonds is 2. The highest BCUT2D eigenvalue weighted by Crippen LogP contribution is 2.34. The second-order valence-electron chi connectivity index (χ2n) is 2.14. The number of nitrogens with zero attached hydrogens (tertiary/aromatic N) is 1. The Morgan fingerprint density at radius 3 is 2.46 bits per heavy atom. The number of alkyl halides is 3. The Morgan fingerprint density at radius 1 is 1.46 bits per heavy atom. The summed E-state index contributed by atoms with van der Waals surface area (Å²) in [4.78, 5) is 2.97. The lowest BCUT2D eigenvalue weighted by molar-refractivity contribution is 0.215. The van der Waals surface area contributed by atoms with Crippen LogP contribution in [0.25, 0.3) is 0 Å². The first-order chi connectivity index (χ1) is 5.86. The van der Waals surface area contributed by atoms with Crippen molar-refractivity contribution in [1.82, 2.24) is 4.98 Å². The predicted octanol–water partition coefficient (Wildman–Crippen LogP) is 1.84. The molecule has 0 aliphatic carbocycles. The predicted molar refractivity (Wildman–Crippen MR) is 50.4 cm³/mol. The van der Waals surface area contributed by atoms with E-state index in [1.54, 1.807) is 0 Å². The lowest BCUT2D eigenvalue weighted by Crippen LogP contribution is -2.21. The zero-order valence-corrected chi connectivity index (χ0v) is 9.09. The van der Waals surface area contributed by atoms with E-state index in [9.17, 15) is 17.2 Å². The average Bonchev–Trinajstić information content (AvgIpc) is 2.04. The summed E-state index contributed by atoms with van der Waals surface area (Å²) in [5.74, 6) is 0. The number of sulfone groups is 1. The summed E-state index contributed by atoms with van der Waals surface area (Å²) >= 11 is 0.574. The molecule has 0 N–H and O–H groups in total. The highest BCUT2D eigenvalue weighted by Gasteiger charge is 2.43. The van der Waals surface area contributed by atoms with Crippen LogP contribution in [0.5, 0.6) is 0 Å². The zero-order valence-electron chi connectivity index (χ0n) is 6.12. The summed E-state index contributed by atoms with van der Waals surface area (Å²) in [5.41, 5.74) is 0. The molecule has 3 nitrogen and oxygen atoms in total. The molecule has 1 aromatic heterocycles. The molecule has 0 aromatic carbocycles. The van der Waals surface area contributed by atoms with Crippen molar-refractivity contribution in [1.29, 1.82) is 0 Å². The summed E-state index contributed by atoms with van der Waals surface area (Å²) in [5, 5.41) is 0. The first-order valence-electron chi connectivity index (χ1n) is 3.07. The van der Waals surface area contributed by atoms with Crippen molar-refractivity contribution < 1.29 is 17.2 Å². The molecule has 0 saturated carbocycles. The maximum Gasteiger partial charge on any atom is 0.398 e. The van der Waals surface area contributed by atoms with Crippen molar-refractivity contribution in [3.63, 3.8) is 0 Å². The second-order valence-corrected chi connectivity index (χ2v) is 6.22. The molecule has 1 heterocycles. The maximum atomic E-state index is 12.6. The molecule has 0 atom stereocenters. The van der Waals surface area contributed by atoms with E-state index >= 15 is 0 Å². The van der Waals surface area contributed by atoms with Crippen molar-refractivity contribution in [3.05, 3.63) is 24.5 Å². The fourth-order valence-corrected chi connectivity index (χ4v) is 2.13. The van der Waals surface area contributed by atoms with E-state index in [2.05, 4.69) is 4.98 Å². The summed E-state index contributed by atoms with van der Waals surface area (Å²) < 4.78 is 43.4. The van der Waals surface area contributed by atoms with Gasteiger partial charge in [-0.25, -0.2) is 8.42 Å². The van der Waals surface area contributed by atoms with Gasteiger partial charge in [0, 0.05) is 35.0 Å². The SMILES string of the molecule is O=S(=O)(c1cccnc1)C(F)(F)I. The van der Waals surface area contributed by atoms with E-state index in [0.29, 0.717) is 22.6 Å². The fraction of sp³-hybridized carbons (Fsp3) is 0.167. The van der Waals surface area contributed by atoms with Crippen molar-refractivity contribution in [2.75, 3.05) is 0 Å². The Labute approximate surface area is 87.2 Å². The van der Waals surface area contributed by atoms with Gasteiger partial charge in [0.2, 0.25) is 0 Å². The van der Waals surface area contributed by atoms with Gasteiger partial charge < -0.3 is 0 Å². The minimum absolute atomic E-state index is 0.477. The Bertz CT molecular complexity index is 387. The van der Waals surface area contributed by atoms with Crippen LogP contribution in [0.15, 0.2) is 29.4 Å². The quantitative estimate of drug-likeness (QED) is 0.617. The summed E-state index contributed by atoms with van der Waals surface area (Å²) in [6.45, 7) is 0. The van der Waals surface area contributed by atoms with Gasteiger partial charge in [-0.15, -0.1) is 0 Å². The minimum Gasteiger partial charge on any atom is -0.263 e. The van der Waals surface area contributed by atoms with Gasteiger partial charge in [0.15, 0.2) is 0 Å². The minimum atomic E-state index is -4.59. The van der Waals surface area contributed by atoms with Crippen molar-refractivity contribution in [2.45, 2.75) is 8.16 Å². The lowest BCUT2D eigenvalue weighted by atomic mass is 10.5. The van der Waals surface area contributed by atoms with E-state index in [1.165, 1.54) is 12.3 Å². The molecular weight excluding hydrogens is 315 g/mol. The third kappa shape index (κ3) is 2.13. The van der Waals surface area contributed by atoms with Crippen LogP contribution in [-0.2, 0) is 9.84 Å². The third-order valence-electron chi connectivity index (χ3n) is 1.25. The molecular formula is C6H4F2INO2S. The largest absolute Gasteiger partial charge is 0.398 e. The van der Waals surface area contributed by atoms with Crippen molar-refractivity contribution in [3.8, 4) is 0 Å². The molecule has 0 amide bonds. The Balaban J connectivity index is 3.26. The molecule has 0 aliphatic heterocycles. The van der Waals surface area contributed by atoms with Gasteiger partial charge in [-0.1, -0.05) is 0 Å². The normalized spacial score (nSPS) is 12.8. The highest BCUT2D eigenvalue weighted by atomic mass is 127. The van der Waals surface area contributed by atoms with Crippen LogP contribution < -0.4 is 0 Å². The van der Waals surface area contributed by atoms with Crippen LogP contribution in [0.1, 0.15) is 0 Å². The molecule has 7 heteroatoms. The first kappa shape index (κ1) is 10.8. The number of hydrogen-bond acceptors (Lipinski definition) is 3. The highest BCUT2D eigenvalue weighted by molar-refractivity contribution is 14.1. The monoisotopic (exact) mass is 319 g/mol. The molecule has 72 valence electrons. The molecule has 0 unspecified atom stereocenters. The Kier molecular flexibility index (Phi) is 2.85. The Hall–Kier alpha value is -0.310. The van der Waals surface area contributed by atoms with Gasteiger partial charge in [-0.05, 0) is 12.1 Å². The van der Waals surface area contributed by atoms with Crippen LogP contribution >= 0.6 is 22.6 Å². The van der Waals surface area contributed by atoms with Crippen LogP contribution in [0.2, 0.25) is 0 Å². The molecule has 0 spiro atoms. The molecule has 13 heavy (non-hydrogen) atoms. The van der Waals surface area contributed by atoms with Crippen LogP contribution in [0.4, 0.5) is 8.78 Å². The topological polar surface area (TPSA) is 47.0 Å². The fourth-order valence-electron chi connectivity index (χ4n) is 0.640. The lowest BCUT2D eigenvalue weighted by Gasteiger charge is -2.08. The van der Waals surface area contributed by atoms with Gasteiger partial charge in [-0.2, -0.15) is 8.78 Å². The van der Waals surface area contributed by atoms with E-state index in [0.717, 1.165) is 12.3 Å². The van der Waals surface area contributed by atoms with Gasteiger partial charge in [0.1, 0.15) is 0 Å². The second kappa shape index (κ2) is 3.45. The summed E-state index contributed by atoms with van der Waals surface area (Å²) in [7, 11) is -4.59. The van der Waals surface area contributed by atoms with Gasteiger partial charge in [0.05, 0.1) is 4.90 Å². The molecule has 0 saturated heterocycles. The number of halogens is 3. The van der Waals surface area contributed by atoms with Gasteiger partial charge >= 0.3 is 3.26 Å². The molecule has 1 rings (SSSR count).